The number of ether oxygens (including phenoxy) is 1. The normalized spacial score (nSPS) is 30.2. The molecule has 22 heteroatoms. The van der Waals surface area contributed by atoms with Crippen LogP contribution in [0.1, 0.15) is 6.23 Å². The molecule has 0 amide bonds. The van der Waals surface area contributed by atoms with E-state index in [1.165, 1.54) is 0 Å². The van der Waals surface area contributed by atoms with Crippen LogP contribution in [-0.4, -0.2) is 60.9 Å². The number of halogens is 3. The summed E-state index contributed by atoms with van der Waals surface area (Å²) in [5, 5.41) is 10.0. The van der Waals surface area contributed by atoms with E-state index in [1.54, 1.807) is 0 Å². The lowest BCUT2D eigenvalue weighted by Crippen LogP contribution is -2.50. The van der Waals surface area contributed by atoms with Crippen LogP contribution in [-0.2, 0) is 36.1 Å². The van der Waals surface area contributed by atoms with Gasteiger partial charge in [0, 0.05) is 13.3 Å². The Morgan fingerprint density at radius 1 is 1.28 bits per heavy atom. The first-order valence-electron chi connectivity index (χ1n) is 7.75. The van der Waals surface area contributed by atoms with Crippen molar-refractivity contribution in [2.75, 3.05) is 12.8 Å². The van der Waals surface area contributed by atoms with Crippen molar-refractivity contribution in [2.45, 2.75) is 30.7 Å². The molecule has 1 saturated heterocycles. The number of aliphatic hydroxyl groups excluding tert-OH is 1. The van der Waals surface area contributed by atoms with Gasteiger partial charge in [0.15, 0.2) is 12.4 Å². The zero-order valence-corrected chi connectivity index (χ0v) is 18.1. The van der Waals surface area contributed by atoms with Crippen LogP contribution in [0.25, 0.3) is 0 Å². The molecular weight excluding hydrogens is 520 g/mol. The second-order valence-electron chi connectivity index (χ2n) is 5.81. The third-order valence-corrected chi connectivity index (χ3v) is 7.87. The van der Waals surface area contributed by atoms with Crippen molar-refractivity contribution >= 4 is 29.3 Å². The Morgan fingerprint density at radius 3 is 2.34 bits per heavy atom. The maximum atomic E-state index is 14.6. The van der Waals surface area contributed by atoms with Crippen LogP contribution < -0.4 is 11.4 Å². The number of hydrogen-bond acceptors (Lipinski definition) is 12. The van der Waals surface area contributed by atoms with Gasteiger partial charge in [-0.05, 0) is 6.07 Å². The third-order valence-electron chi connectivity index (χ3n) is 3.61. The van der Waals surface area contributed by atoms with Crippen molar-refractivity contribution < 1.29 is 69.1 Å². The van der Waals surface area contributed by atoms with Gasteiger partial charge in [-0.25, -0.2) is 36.2 Å². The standard InChI is InChI=1S/C10H15F3N3O13P3/c1-25-32(24,29-31(22,23)28-30(19,20)21)27-10(8(12)13)6(17)5(11)7(26-10)16-3-2-4(14)15-9(16)18/h2-3,5-8,17H,1H3,(H,22,23)(H2,14,15,18)(H2,19,20,21)/t5-,6+,7-,10-,32?/m1/s1. The molecule has 32 heavy (non-hydrogen) atoms. The number of anilines is 1. The predicted octanol–water partition coefficient (Wildman–Crippen LogP) is 0.0121. The highest BCUT2D eigenvalue weighted by Crippen LogP contribution is 2.70. The molecule has 1 fully saturated rings. The minimum Gasteiger partial charge on any atom is -0.384 e. The summed E-state index contributed by atoms with van der Waals surface area (Å²) < 4.78 is 97.5. The highest BCUT2D eigenvalue weighted by molar-refractivity contribution is 7.66. The summed E-state index contributed by atoms with van der Waals surface area (Å²) in [5.74, 6) is -4.28. The van der Waals surface area contributed by atoms with Gasteiger partial charge in [-0.1, -0.05) is 0 Å². The number of phosphoric acid groups is 3. The average molecular weight is 535 g/mol. The zero-order chi connectivity index (χ0) is 24.7. The quantitative estimate of drug-likeness (QED) is 0.262. The van der Waals surface area contributed by atoms with E-state index in [0.29, 0.717) is 7.11 Å². The summed E-state index contributed by atoms with van der Waals surface area (Å²) in [4.78, 5) is 41.5. The number of alkyl halides is 3. The summed E-state index contributed by atoms with van der Waals surface area (Å²) in [6.45, 7) is 0. The fourth-order valence-corrected chi connectivity index (χ4v) is 5.89. The summed E-state index contributed by atoms with van der Waals surface area (Å²) in [6.07, 6.45) is -11.6. The van der Waals surface area contributed by atoms with Gasteiger partial charge in [-0.3, -0.25) is 9.09 Å². The summed E-state index contributed by atoms with van der Waals surface area (Å²) >= 11 is 0. The second kappa shape index (κ2) is 9.21. The molecule has 16 nitrogen and oxygen atoms in total. The van der Waals surface area contributed by atoms with Crippen LogP contribution in [0.4, 0.5) is 19.0 Å². The van der Waals surface area contributed by atoms with E-state index in [1.807, 2.05) is 0 Å². The van der Waals surface area contributed by atoms with Crippen LogP contribution in [0.15, 0.2) is 17.1 Å². The van der Waals surface area contributed by atoms with Crippen LogP contribution in [0.3, 0.4) is 0 Å². The Labute approximate surface area is 175 Å². The molecule has 6 N–H and O–H groups in total. The van der Waals surface area contributed by atoms with Gasteiger partial charge in [0.2, 0.25) is 0 Å². The summed E-state index contributed by atoms with van der Waals surface area (Å²) in [5.41, 5.74) is 3.94. The molecule has 1 aromatic heterocycles. The smallest absolute Gasteiger partial charge is 0.384 e. The topological polar surface area (TPSA) is 239 Å². The van der Waals surface area contributed by atoms with Gasteiger partial charge in [0.1, 0.15) is 11.9 Å². The lowest BCUT2D eigenvalue weighted by molar-refractivity contribution is -0.284. The van der Waals surface area contributed by atoms with E-state index in [9.17, 15) is 41.7 Å². The number of rotatable bonds is 9. The molecule has 1 aliphatic heterocycles. The van der Waals surface area contributed by atoms with E-state index in [2.05, 4.69) is 27.4 Å². The van der Waals surface area contributed by atoms with Crippen molar-refractivity contribution in [1.82, 2.24) is 9.55 Å². The van der Waals surface area contributed by atoms with Crippen LogP contribution in [0.2, 0.25) is 0 Å². The fourth-order valence-electron chi connectivity index (χ4n) is 2.36. The molecule has 1 aliphatic rings. The highest BCUT2D eigenvalue weighted by atomic mass is 31.3. The minimum atomic E-state index is -6.02. The van der Waals surface area contributed by atoms with Crippen molar-refractivity contribution in [3.8, 4) is 0 Å². The van der Waals surface area contributed by atoms with Crippen molar-refractivity contribution in [2.24, 2.45) is 0 Å². The second-order valence-corrected chi connectivity index (χ2v) is 10.5. The first-order valence-corrected chi connectivity index (χ1v) is 12.2. The highest BCUT2D eigenvalue weighted by Gasteiger charge is 2.66. The van der Waals surface area contributed by atoms with Crippen molar-refractivity contribution in [3.05, 3.63) is 22.7 Å². The van der Waals surface area contributed by atoms with Gasteiger partial charge in [0.25, 0.3) is 12.2 Å². The molecule has 0 spiro atoms. The molecule has 184 valence electrons. The van der Waals surface area contributed by atoms with Gasteiger partial charge in [0.05, 0.1) is 0 Å². The molecule has 2 unspecified atom stereocenters. The minimum absolute atomic E-state index is 0.282. The van der Waals surface area contributed by atoms with Crippen LogP contribution >= 0.6 is 23.5 Å². The van der Waals surface area contributed by atoms with E-state index < -0.39 is 59.9 Å². The van der Waals surface area contributed by atoms with Crippen LogP contribution in [0.5, 0.6) is 0 Å². The fraction of sp³-hybridized carbons (Fsp3) is 0.600. The van der Waals surface area contributed by atoms with Gasteiger partial charge in [-0.2, -0.15) is 13.6 Å². The monoisotopic (exact) mass is 535 g/mol. The molecule has 1 aromatic rings. The lowest BCUT2D eigenvalue weighted by atomic mass is 10.1. The summed E-state index contributed by atoms with van der Waals surface area (Å²) in [7, 11) is -17.2. The lowest BCUT2D eigenvalue weighted by Gasteiger charge is -2.32. The first-order chi connectivity index (χ1) is 14.5. The maximum Gasteiger partial charge on any atom is 0.490 e. The zero-order valence-electron chi connectivity index (χ0n) is 15.4. The Kier molecular flexibility index (Phi) is 7.79. The average Bonchev–Trinajstić information content (AvgIpc) is 2.85. The molecule has 0 aliphatic carbocycles. The predicted molar refractivity (Wildman–Crippen MR) is 92.4 cm³/mol. The molecule has 2 heterocycles. The number of nitrogens with two attached hydrogens (primary N) is 1. The maximum absolute atomic E-state index is 14.6. The SMILES string of the molecule is COP(=O)(O[C@]1(C(F)F)O[C@@H](n2ccc(N)nc2=O)[C@H](F)[C@@H]1O)OP(=O)(O)OP(=O)(O)O. The largest absolute Gasteiger partial charge is 0.490 e. The van der Waals surface area contributed by atoms with Crippen molar-refractivity contribution in [1.29, 1.82) is 0 Å². The molecule has 6 atom stereocenters. The Bertz CT molecular complexity index is 1050. The summed E-state index contributed by atoms with van der Waals surface area (Å²) in [6, 6.07) is 0.942. The number of phosphoric ester groups is 1. The molecular formula is C10H15F3N3O13P3. The van der Waals surface area contributed by atoms with Crippen LogP contribution in [0, 0.1) is 0 Å². The Morgan fingerprint density at radius 2 is 1.88 bits per heavy atom. The van der Waals surface area contributed by atoms with Gasteiger partial charge in [-0.15, -0.1) is 0 Å². The molecule has 0 bridgehead atoms. The Balaban J connectivity index is 2.44. The van der Waals surface area contributed by atoms with E-state index in [-0.39, 0.29) is 10.4 Å². The number of aliphatic hydroxyl groups is 1. The van der Waals surface area contributed by atoms with Gasteiger partial charge < -0.3 is 30.3 Å². The number of nitrogens with zero attached hydrogens (tertiary/aromatic N) is 2. The van der Waals surface area contributed by atoms with E-state index in [4.69, 9.17) is 15.5 Å². The third kappa shape index (κ3) is 5.83. The van der Waals surface area contributed by atoms with E-state index >= 15 is 0 Å². The molecule has 0 saturated carbocycles. The van der Waals surface area contributed by atoms with E-state index in [0.717, 1.165) is 12.3 Å². The number of hydrogen-bond donors (Lipinski definition) is 5. The number of nitrogen functional groups attached to an aromatic ring is 1. The molecule has 0 radical (unpaired) electrons. The Hall–Kier alpha value is -1.20. The number of aromatic nitrogens is 2. The molecule has 0 aromatic carbocycles. The first kappa shape index (κ1) is 27.0. The van der Waals surface area contributed by atoms with Gasteiger partial charge >= 0.3 is 29.2 Å². The molecule has 2 rings (SSSR count). The van der Waals surface area contributed by atoms with Crippen molar-refractivity contribution in [3.63, 3.8) is 0 Å².